The highest BCUT2D eigenvalue weighted by molar-refractivity contribution is 6.32. The van der Waals surface area contributed by atoms with Gasteiger partial charge in [-0.15, -0.1) is 0 Å². The van der Waals surface area contributed by atoms with E-state index in [-0.39, 0.29) is 0 Å². The number of hydrogen-bond acceptors (Lipinski definition) is 5. The number of carbonyl (C=O) groups is 1. The van der Waals surface area contributed by atoms with Gasteiger partial charge in [0.25, 0.3) is 0 Å². The Hall–Kier alpha value is -1.46. The lowest BCUT2D eigenvalue weighted by molar-refractivity contribution is -0.150. The maximum absolute atomic E-state index is 11.4. The molecule has 1 unspecified atom stereocenters. The molecule has 1 N–H and O–H groups in total. The van der Waals surface area contributed by atoms with E-state index in [2.05, 4.69) is 4.74 Å². The monoisotopic (exact) mass is 272 g/mol. The zero-order chi connectivity index (χ0) is 13.3. The summed E-state index contributed by atoms with van der Waals surface area (Å²) in [7, 11) is 1.21. The minimum atomic E-state index is -1.39. The maximum atomic E-state index is 11.4. The molecule has 1 aliphatic heterocycles. The number of fused-ring (bicyclic) bond motifs is 1. The van der Waals surface area contributed by atoms with Crippen LogP contribution in [-0.2, 0) is 9.53 Å². The van der Waals surface area contributed by atoms with Crippen molar-refractivity contribution in [2.24, 2.45) is 0 Å². The topological polar surface area (TPSA) is 65.0 Å². The van der Waals surface area contributed by atoms with E-state index in [0.29, 0.717) is 40.9 Å². The van der Waals surface area contributed by atoms with Crippen molar-refractivity contribution in [3.8, 4) is 11.5 Å². The van der Waals surface area contributed by atoms with Gasteiger partial charge in [0.05, 0.1) is 12.1 Å². The molecule has 0 aliphatic carbocycles. The highest BCUT2D eigenvalue weighted by Gasteiger charge is 2.27. The molecule has 0 amide bonds. The summed E-state index contributed by atoms with van der Waals surface area (Å²) < 4.78 is 15.4. The van der Waals surface area contributed by atoms with Gasteiger partial charge in [-0.25, -0.2) is 4.79 Å². The Morgan fingerprint density at radius 1 is 1.44 bits per heavy atom. The molecule has 1 aliphatic rings. The summed E-state index contributed by atoms with van der Waals surface area (Å²) in [6.07, 6.45) is -1.39. The van der Waals surface area contributed by atoms with Gasteiger partial charge in [-0.2, -0.15) is 0 Å². The summed E-state index contributed by atoms with van der Waals surface area (Å²) in [5, 5.41) is 10.2. The van der Waals surface area contributed by atoms with E-state index in [0.717, 1.165) is 0 Å². The van der Waals surface area contributed by atoms with Gasteiger partial charge in [-0.05, 0) is 13.0 Å². The van der Waals surface area contributed by atoms with E-state index in [1.165, 1.54) is 13.2 Å². The molecular formula is C12H13ClO5. The van der Waals surface area contributed by atoms with Crippen molar-refractivity contribution in [2.75, 3.05) is 20.3 Å². The first-order valence-corrected chi connectivity index (χ1v) is 5.78. The van der Waals surface area contributed by atoms with E-state index in [9.17, 15) is 9.90 Å². The maximum Gasteiger partial charge on any atom is 0.339 e. The van der Waals surface area contributed by atoms with Gasteiger partial charge in [0.2, 0.25) is 0 Å². The van der Waals surface area contributed by atoms with Gasteiger partial charge < -0.3 is 19.3 Å². The molecule has 0 spiro atoms. The summed E-state index contributed by atoms with van der Waals surface area (Å²) in [6.45, 7) is 2.55. The quantitative estimate of drug-likeness (QED) is 0.829. The lowest BCUT2D eigenvalue weighted by Crippen LogP contribution is -2.19. The van der Waals surface area contributed by atoms with Crippen molar-refractivity contribution in [3.05, 3.63) is 22.2 Å². The fourth-order valence-corrected chi connectivity index (χ4v) is 2.10. The molecule has 0 saturated carbocycles. The Balaban J connectivity index is 2.50. The van der Waals surface area contributed by atoms with Crippen LogP contribution in [-0.4, -0.2) is 31.4 Å². The second-order valence-electron chi connectivity index (χ2n) is 3.85. The first kappa shape index (κ1) is 13.0. The van der Waals surface area contributed by atoms with Crippen molar-refractivity contribution >= 4 is 17.6 Å². The first-order valence-electron chi connectivity index (χ1n) is 5.40. The van der Waals surface area contributed by atoms with E-state index >= 15 is 0 Å². The normalized spacial score (nSPS) is 15.1. The summed E-state index contributed by atoms with van der Waals surface area (Å²) in [5.41, 5.74) is 0.975. The third-order valence-corrected chi connectivity index (χ3v) is 3.05. The molecule has 5 nitrogen and oxygen atoms in total. The van der Waals surface area contributed by atoms with Gasteiger partial charge in [0.15, 0.2) is 17.6 Å². The third kappa shape index (κ3) is 2.11. The van der Waals surface area contributed by atoms with Crippen molar-refractivity contribution in [1.82, 2.24) is 0 Å². The number of aliphatic hydroxyl groups excluding tert-OH is 1. The van der Waals surface area contributed by atoms with Crippen LogP contribution in [0, 0.1) is 6.92 Å². The fourth-order valence-electron chi connectivity index (χ4n) is 1.84. The number of carbonyl (C=O) groups excluding carboxylic acids is 1. The van der Waals surface area contributed by atoms with Crippen LogP contribution >= 0.6 is 11.6 Å². The Labute approximate surface area is 109 Å². The van der Waals surface area contributed by atoms with Gasteiger partial charge in [0.1, 0.15) is 13.2 Å². The lowest BCUT2D eigenvalue weighted by atomic mass is 10.0. The molecule has 18 heavy (non-hydrogen) atoms. The number of benzene rings is 1. The number of esters is 1. The molecule has 0 fully saturated rings. The van der Waals surface area contributed by atoms with E-state index in [1.807, 2.05) is 0 Å². The summed E-state index contributed by atoms with van der Waals surface area (Å²) in [6, 6.07) is 1.49. The minimum Gasteiger partial charge on any atom is -0.486 e. The van der Waals surface area contributed by atoms with Crippen LogP contribution in [0.1, 0.15) is 17.2 Å². The number of aliphatic hydroxyl groups is 1. The Morgan fingerprint density at radius 3 is 2.67 bits per heavy atom. The molecule has 1 heterocycles. The van der Waals surface area contributed by atoms with Crippen LogP contribution in [0.4, 0.5) is 0 Å². The highest BCUT2D eigenvalue weighted by atomic mass is 35.5. The van der Waals surface area contributed by atoms with Crippen LogP contribution in [0.2, 0.25) is 5.02 Å². The number of methoxy groups -OCH3 is 1. The molecule has 1 aromatic carbocycles. The van der Waals surface area contributed by atoms with Gasteiger partial charge >= 0.3 is 5.97 Å². The number of halogens is 1. The molecule has 1 atom stereocenters. The van der Waals surface area contributed by atoms with Crippen LogP contribution in [0.5, 0.6) is 11.5 Å². The predicted octanol–water partition coefficient (Wildman–Crippen LogP) is 1.63. The Morgan fingerprint density at radius 2 is 2.06 bits per heavy atom. The van der Waals surface area contributed by atoms with Gasteiger partial charge in [0, 0.05) is 11.1 Å². The van der Waals surface area contributed by atoms with E-state index in [1.54, 1.807) is 6.92 Å². The molecular weight excluding hydrogens is 260 g/mol. The SMILES string of the molecule is COC(=O)C(O)c1cc(Cl)c2c(c1C)OCCO2. The molecule has 0 bridgehead atoms. The zero-order valence-electron chi connectivity index (χ0n) is 10.0. The zero-order valence-corrected chi connectivity index (χ0v) is 10.8. The third-order valence-electron chi connectivity index (χ3n) is 2.77. The molecule has 0 aromatic heterocycles. The number of hydrogen-bond donors (Lipinski definition) is 1. The molecule has 98 valence electrons. The van der Waals surface area contributed by atoms with Gasteiger partial charge in [-0.1, -0.05) is 11.6 Å². The molecule has 0 saturated heterocycles. The van der Waals surface area contributed by atoms with Crippen LogP contribution in [0.3, 0.4) is 0 Å². The smallest absolute Gasteiger partial charge is 0.339 e. The average molecular weight is 273 g/mol. The van der Waals surface area contributed by atoms with Crippen molar-refractivity contribution in [2.45, 2.75) is 13.0 Å². The Kier molecular flexibility index (Phi) is 3.63. The van der Waals surface area contributed by atoms with Crippen molar-refractivity contribution in [3.63, 3.8) is 0 Å². The first-order chi connectivity index (χ1) is 8.56. The molecule has 2 rings (SSSR count). The largest absolute Gasteiger partial charge is 0.486 e. The second kappa shape index (κ2) is 5.04. The van der Waals surface area contributed by atoms with Crippen LogP contribution in [0.15, 0.2) is 6.07 Å². The molecule has 0 radical (unpaired) electrons. The standard InChI is InChI=1S/C12H13ClO5/c1-6-7(9(14)12(15)16-2)5-8(13)11-10(6)17-3-4-18-11/h5,9,14H,3-4H2,1-2H3. The summed E-state index contributed by atoms with van der Waals surface area (Å²) in [5.74, 6) is 0.166. The van der Waals surface area contributed by atoms with Crippen molar-refractivity contribution < 1.29 is 24.1 Å². The average Bonchev–Trinajstić information content (AvgIpc) is 2.41. The van der Waals surface area contributed by atoms with Crippen LogP contribution < -0.4 is 9.47 Å². The predicted molar refractivity (Wildman–Crippen MR) is 64.2 cm³/mol. The fraction of sp³-hybridized carbons (Fsp3) is 0.417. The van der Waals surface area contributed by atoms with E-state index in [4.69, 9.17) is 21.1 Å². The molecule has 6 heteroatoms. The van der Waals surface area contributed by atoms with E-state index < -0.39 is 12.1 Å². The Bertz CT molecular complexity index is 486. The lowest BCUT2D eigenvalue weighted by Gasteiger charge is -2.23. The van der Waals surface area contributed by atoms with Crippen molar-refractivity contribution in [1.29, 1.82) is 0 Å². The summed E-state index contributed by atoms with van der Waals surface area (Å²) >= 11 is 6.04. The molecule has 1 aromatic rings. The summed E-state index contributed by atoms with van der Waals surface area (Å²) in [4.78, 5) is 11.4. The number of ether oxygens (including phenoxy) is 3. The second-order valence-corrected chi connectivity index (χ2v) is 4.26. The van der Waals surface area contributed by atoms with Crippen LogP contribution in [0.25, 0.3) is 0 Å². The number of rotatable bonds is 2. The van der Waals surface area contributed by atoms with Gasteiger partial charge in [-0.3, -0.25) is 0 Å². The highest BCUT2D eigenvalue weighted by Crippen LogP contribution is 2.43. The minimum absolute atomic E-state index is 0.299.